The number of nitrogens with one attached hydrogen (secondary N) is 1. The molecule has 5 nitrogen and oxygen atoms in total. The minimum absolute atomic E-state index is 0.196. The smallest absolute Gasteiger partial charge is 0.137 e. The second kappa shape index (κ2) is 6.26. The highest BCUT2D eigenvalue weighted by atomic mass is 16.5. The second-order valence-electron chi connectivity index (χ2n) is 4.16. The molecule has 0 spiro atoms. The summed E-state index contributed by atoms with van der Waals surface area (Å²) in [6.07, 6.45) is 6.10. The lowest BCUT2D eigenvalue weighted by Crippen LogP contribution is -2.30. The van der Waals surface area contributed by atoms with Gasteiger partial charge in [0.15, 0.2) is 0 Å². The third-order valence-corrected chi connectivity index (χ3v) is 3.05. The fraction of sp³-hybridized carbons (Fsp3) is 0.286. The Bertz CT molecular complexity index is 544. The normalized spacial score (nSPS) is 12.2. The lowest BCUT2D eigenvalue weighted by Gasteiger charge is -2.18. The lowest BCUT2D eigenvalue weighted by atomic mass is 10.00. The molecule has 0 amide bonds. The van der Waals surface area contributed by atoms with Crippen LogP contribution in [0, 0.1) is 0 Å². The molecule has 19 heavy (non-hydrogen) atoms. The van der Waals surface area contributed by atoms with Gasteiger partial charge >= 0.3 is 0 Å². The summed E-state index contributed by atoms with van der Waals surface area (Å²) in [5.74, 6) is 6.39. The monoisotopic (exact) mass is 258 g/mol. The van der Waals surface area contributed by atoms with E-state index in [9.17, 15) is 0 Å². The van der Waals surface area contributed by atoms with Crippen molar-refractivity contribution in [1.29, 1.82) is 0 Å². The summed E-state index contributed by atoms with van der Waals surface area (Å²) >= 11 is 0. The van der Waals surface area contributed by atoms with Gasteiger partial charge in [0.25, 0.3) is 0 Å². The van der Waals surface area contributed by atoms with Gasteiger partial charge in [0.05, 0.1) is 25.0 Å². The number of hydrogen-bond donors (Lipinski definition) is 2. The Labute approximate surface area is 112 Å². The fourth-order valence-electron chi connectivity index (χ4n) is 2.05. The molecule has 0 saturated heterocycles. The number of methoxy groups -OCH3 is 1. The number of aryl methyl sites for hydroxylation is 1. The number of rotatable bonds is 5. The molecule has 0 aliphatic rings. The molecule has 5 heteroatoms. The van der Waals surface area contributed by atoms with Crippen molar-refractivity contribution >= 4 is 0 Å². The van der Waals surface area contributed by atoms with E-state index in [0.717, 1.165) is 23.2 Å². The summed E-state index contributed by atoms with van der Waals surface area (Å²) in [5.41, 5.74) is 5.81. The number of nitrogens with two attached hydrogens (primary N) is 1. The molecule has 1 atom stereocenters. The van der Waals surface area contributed by atoms with Crippen LogP contribution in [-0.4, -0.2) is 17.1 Å². The van der Waals surface area contributed by atoms with Gasteiger partial charge in [-0.05, 0) is 29.7 Å². The molecular weight excluding hydrogens is 240 g/mol. The molecule has 0 aliphatic heterocycles. The molecule has 0 fully saturated rings. The number of hydrogen-bond acceptors (Lipinski definition) is 5. The van der Waals surface area contributed by atoms with Crippen LogP contribution >= 0.6 is 0 Å². The van der Waals surface area contributed by atoms with Gasteiger partial charge in [0.1, 0.15) is 5.75 Å². The van der Waals surface area contributed by atoms with E-state index in [1.807, 2.05) is 12.1 Å². The molecule has 100 valence electrons. The summed E-state index contributed by atoms with van der Waals surface area (Å²) < 4.78 is 5.19. The number of hydrazine groups is 1. The van der Waals surface area contributed by atoms with Gasteiger partial charge in [-0.3, -0.25) is 15.8 Å². The van der Waals surface area contributed by atoms with E-state index >= 15 is 0 Å². The first-order valence-corrected chi connectivity index (χ1v) is 6.19. The van der Waals surface area contributed by atoms with E-state index in [0.29, 0.717) is 5.75 Å². The van der Waals surface area contributed by atoms with Crippen LogP contribution in [0.25, 0.3) is 0 Å². The molecule has 2 aromatic rings. The molecule has 3 N–H and O–H groups in total. The topological polar surface area (TPSA) is 73.1 Å². The number of aromatic nitrogens is 2. The predicted molar refractivity (Wildman–Crippen MR) is 73.6 cm³/mol. The first-order chi connectivity index (χ1) is 9.30. The minimum atomic E-state index is -0.196. The number of ether oxygens (including phenoxy) is 1. The van der Waals surface area contributed by atoms with Crippen molar-refractivity contribution in [1.82, 2.24) is 15.4 Å². The van der Waals surface area contributed by atoms with Crippen molar-refractivity contribution in [3.63, 3.8) is 0 Å². The Hall–Kier alpha value is -1.98. The summed E-state index contributed by atoms with van der Waals surface area (Å²) in [4.78, 5) is 8.60. The summed E-state index contributed by atoms with van der Waals surface area (Å²) in [6, 6.07) is 5.70. The molecule has 2 rings (SSSR count). The zero-order valence-electron chi connectivity index (χ0n) is 11.1. The third-order valence-electron chi connectivity index (χ3n) is 3.05. The zero-order chi connectivity index (χ0) is 13.7. The first-order valence-electron chi connectivity index (χ1n) is 6.19. The van der Waals surface area contributed by atoms with Crippen LogP contribution < -0.4 is 16.0 Å². The highest BCUT2D eigenvalue weighted by Crippen LogP contribution is 2.24. The van der Waals surface area contributed by atoms with Crippen LogP contribution in [0.2, 0.25) is 0 Å². The largest absolute Gasteiger partial charge is 0.495 e. The highest BCUT2D eigenvalue weighted by Gasteiger charge is 2.17. The second-order valence-corrected chi connectivity index (χ2v) is 4.16. The Balaban J connectivity index is 2.43. The molecule has 1 unspecified atom stereocenters. The lowest BCUT2D eigenvalue weighted by molar-refractivity contribution is 0.411. The average Bonchev–Trinajstić information content (AvgIpc) is 2.49. The van der Waals surface area contributed by atoms with Crippen LogP contribution in [0.4, 0.5) is 0 Å². The van der Waals surface area contributed by atoms with Crippen molar-refractivity contribution in [3.05, 3.63) is 53.6 Å². The van der Waals surface area contributed by atoms with Crippen LogP contribution in [0.15, 0.2) is 36.8 Å². The van der Waals surface area contributed by atoms with Crippen molar-refractivity contribution in [3.8, 4) is 5.75 Å². The van der Waals surface area contributed by atoms with Gasteiger partial charge in [-0.1, -0.05) is 13.0 Å². The van der Waals surface area contributed by atoms with Crippen molar-refractivity contribution in [2.45, 2.75) is 19.4 Å². The highest BCUT2D eigenvalue weighted by molar-refractivity contribution is 5.34. The quantitative estimate of drug-likeness (QED) is 0.629. The third kappa shape index (κ3) is 2.89. The molecule has 0 saturated carbocycles. The molecule has 2 aromatic heterocycles. The Morgan fingerprint density at radius 3 is 2.95 bits per heavy atom. The van der Waals surface area contributed by atoms with Crippen molar-refractivity contribution in [2.24, 2.45) is 5.84 Å². The number of pyridine rings is 2. The minimum Gasteiger partial charge on any atom is -0.495 e. The standard InChI is InChI=1S/C14H18N4O/c1-3-10-5-4-6-17-13(10)14(18-15)11-7-12(19-2)9-16-8-11/h4-9,14,18H,3,15H2,1-2H3. The van der Waals surface area contributed by atoms with Gasteiger partial charge in [0, 0.05) is 12.4 Å². The van der Waals surface area contributed by atoms with Gasteiger partial charge in [-0.15, -0.1) is 0 Å². The van der Waals surface area contributed by atoms with E-state index < -0.39 is 0 Å². The van der Waals surface area contributed by atoms with E-state index in [4.69, 9.17) is 10.6 Å². The van der Waals surface area contributed by atoms with E-state index in [1.165, 1.54) is 0 Å². The maximum Gasteiger partial charge on any atom is 0.137 e. The predicted octanol–water partition coefficient (Wildman–Crippen LogP) is 1.60. The van der Waals surface area contributed by atoms with Crippen molar-refractivity contribution < 1.29 is 4.74 Å². The van der Waals surface area contributed by atoms with Crippen LogP contribution in [0.1, 0.15) is 29.8 Å². The van der Waals surface area contributed by atoms with Gasteiger partial charge < -0.3 is 4.74 Å². The van der Waals surface area contributed by atoms with E-state index in [-0.39, 0.29) is 6.04 Å². The molecular formula is C14H18N4O. The van der Waals surface area contributed by atoms with Gasteiger partial charge in [0.2, 0.25) is 0 Å². The van der Waals surface area contributed by atoms with Crippen molar-refractivity contribution in [2.75, 3.05) is 7.11 Å². The van der Waals surface area contributed by atoms with E-state index in [2.05, 4.69) is 28.4 Å². The Kier molecular flexibility index (Phi) is 4.43. The average molecular weight is 258 g/mol. The van der Waals surface area contributed by atoms with E-state index in [1.54, 1.807) is 25.7 Å². The summed E-state index contributed by atoms with van der Waals surface area (Å²) in [6.45, 7) is 2.10. The zero-order valence-corrected chi connectivity index (χ0v) is 11.1. The maximum atomic E-state index is 5.69. The number of nitrogens with zero attached hydrogens (tertiary/aromatic N) is 2. The SMILES string of the molecule is CCc1cccnc1C(NN)c1cncc(OC)c1. The van der Waals surface area contributed by atoms with Crippen LogP contribution in [0.5, 0.6) is 5.75 Å². The molecule has 2 heterocycles. The Morgan fingerprint density at radius 2 is 2.26 bits per heavy atom. The molecule has 0 aliphatic carbocycles. The van der Waals surface area contributed by atoms with Crippen LogP contribution in [0.3, 0.4) is 0 Å². The van der Waals surface area contributed by atoms with Crippen LogP contribution in [-0.2, 0) is 6.42 Å². The summed E-state index contributed by atoms with van der Waals surface area (Å²) in [7, 11) is 1.61. The Morgan fingerprint density at radius 1 is 1.42 bits per heavy atom. The maximum absolute atomic E-state index is 5.69. The molecule has 0 aromatic carbocycles. The van der Waals surface area contributed by atoms with Gasteiger partial charge in [-0.25, -0.2) is 5.43 Å². The fourth-order valence-corrected chi connectivity index (χ4v) is 2.05. The summed E-state index contributed by atoms with van der Waals surface area (Å²) in [5, 5.41) is 0. The van der Waals surface area contributed by atoms with Gasteiger partial charge in [-0.2, -0.15) is 0 Å². The molecule has 0 radical (unpaired) electrons. The molecule has 0 bridgehead atoms. The first kappa shape index (κ1) is 13.5.